The van der Waals surface area contributed by atoms with E-state index in [2.05, 4.69) is 25.7 Å². The van der Waals surface area contributed by atoms with Crippen LogP contribution >= 0.6 is 0 Å². The van der Waals surface area contributed by atoms with Crippen molar-refractivity contribution in [2.75, 3.05) is 27.2 Å². The van der Waals surface area contributed by atoms with Gasteiger partial charge in [0.2, 0.25) is 0 Å². The summed E-state index contributed by atoms with van der Waals surface area (Å²) in [5, 5.41) is 0. The van der Waals surface area contributed by atoms with E-state index in [1.807, 2.05) is 14.1 Å². The first-order valence-corrected chi connectivity index (χ1v) is 16.9. The Hall–Kier alpha value is -1.10. The van der Waals surface area contributed by atoms with E-state index in [4.69, 9.17) is 9.47 Å². The monoisotopic (exact) mass is 554 g/mol. The Kier molecular flexibility index (Phi) is 27.6. The second-order valence-corrected chi connectivity index (χ2v) is 12.0. The van der Waals surface area contributed by atoms with E-state index in [-0.39, 0.29) is 30.6 Å². The first-order chi connectivity index (χ1) is 18.9. The molecule has 2 unspecified atom stereocenters. The molecule has 0 aliphatic heterocycles. The standard InChI is InChI=1S/C34H67NO4/c1-6-9-12-15-17-18-20-23-27-32(39-33(36)28-24-29-35(4)5)30-38-34(37)31(25-21-14-11-8-3)26-22-19-16-13-10-7-2/h31-32H,6-30H2,1-5H3. The number of carbonyl (C=O) groups excluding carboxylic acids is 2. The summed E-state index contributed by atoms with van der Waals surface area (Å²) in [5.41, 5.74) is 0. The number of rotatable bonds is 29. The minimum Gasteiger partial charge on any atom is -0.462 e. The van der Waals surface area contributed by atoms with Gasteiger partial charge < -0.3 is 14.4 Å². The summed E-state index contributed by atoms with van der Waals surface area (Å²) in [6, 6.07) is 0. The molecule has 0 aliphatic carbocycles. The van der Waals surface area contributed by atoms with Crippen molar-refractivity contribution in [3.8, 4) is 0 Å². The van der Waals surface area contributed by atoms with E-state index in [1.165, 1.54) is 89.9 Å². The minimum absolute atomic E-state index is 0.0207. The summed E-state index contributed by atoms with van der Waals surface area (Å²) in [6.45, 7) is 7.78. The third kappa shape index (κ3) is 25.6. The number of unbranched alkanes of at least 4 members (excludes halogenated alkanes) is 15. The van der Waals surface area contributed by atoms with Crippen molar-refractivity contribution in [2.45, 2.75) is 175 Å². The summed E-state index contributed by atoms with van der Waals surface area (Å²) in [7, 11) is 4.03. The van der Waals surface area contributed by atoms with Gasteiger partial charge in [0.15, 0.2) is 0 Å². The number of nitrogens with zero attached hydrogens (tertiary/aromatic N) is 1. The second-order valence-electron chi connectivity index (χ2n) is 12.0. The molecule has 0 spiro atoms. The Morgan fingerprint density at radius 3 is 1.51 bits per heavy atom. The van der Waals surface area contributed by atoms with Crippen molar-refractivity contribution in [1.82, 2.24) is 4.90 Å². The fourth-order valence-corrected chi connectivity index (χ4v) is 5.13. The van der Waals surface area contributed by atoms with Gasteiger partial charge in [0, 0.05) is 6.42 Å². The van der Waals surface area contributed by atoms with Gasteiger partial charge in [-0.3, -0.25) is 9.59 Å². The van der Waals surface area contributed by atoms with Gasteiger partial charge in [-0.1, -0.05) is 130 Å². The first kappa shape index (κ1) is 37.9. The lowest BCUT2D eigenvalue weighted by Gasteiger charge is -2.21. The van der Waals surface area contributed by atoms with Gasteiger partial charge in [0.25, 0.3) is 0 Å². The fourth-order valence-electron chi connectivity index (χ4n) is 5.13. The van der Waals surface area contributed by atoms with Gasteiger partial charge in [0.05, 0.1) is 5.92 Å². The van der Waals surface area contributed by atoms with Crippen LogP contribution in [0.25, 0.3) is 0 Å². The summed E-state index contributed by atoms with van der Waals surface area (Å²) < 4.78 is 11.7. The molecule has 0 saturated carbocycles. The topological polar surface area (TPSA) is 55.8 Å². The third-order valence-corrected chi connectivity index (χ3v) is 7.72. The molecule has 0 amide bonds. The van der Waals surface area contributed by atoms with Gasteiger partial charge in [-0.05, 0) is 52.7 Å². The first-order valence-electron chi connectivity index (χ1n) is 16.9. The number of carbonyl (C=O) groups is 2. The molecule has 0 rings (SSSR count). The Labute approximate surface area is 243 Å². The molecule has 39 heavy (non-hydrogen) atoms. The molecule has 0 aromatic heterocycles. The minimum atomic E-state index is -0.323. The lowest BCUT2D eigenvalue weighted by atomic mass is 9.94. The molecule has 0 radical (unpaired) electrons. The molecule has 0 aromatic rings. The number of hydrogen-bond acceptors (Lipinski definition) is 5. The average Bonchev–Trinajstić information content (AvgIpc) is 2.91. The maximum absolute atomic E-state index is 13.1. The predicted octanol–water partition coefficient (Wildman–Crippen LogP) is 9.65. The van der Waals surface area contributed by atoms with Gasteiger partial charge in [-0.25, -0.2) is 0 Å². The molecule has 0 aliphatic rings. The summed E-state index contributed by atoms with van der Waals surface area (Å²) >= 11 is 0. The third-order valence-electron chi connectivity index (χ3n) is 7.72. The van der Waals surface area contributed by atoms with Crippen molar-refractivity contribution >= 4 is 11.9 Å². The van der Waals surface area contributed by atoms with Crippen LogP contribution in [0.2, 0.25) is 0 Å². The number of ether oxygens (including phenoxy) is 2. The largest absolute Gasteiger partial charge is 0.462 e. The smallest absolute Gasteiger partial charge is 0.309 e. The summed E-state index contributed by atoms with van der Waals surface area (Å²) in [5.74, 6) is -0.266. The van der Waals surface area contributed by atoms with Crippen LogP contribution in [0.4, 0.5) is 0 Å². The van der Waals surface area contributed by atoms with Crippen molar-refractivity contribution in [3.63, 3.8) is 0 Å². The highest BCUT2D eigenvalue weighted by molar-refractivity contribution is 5.72. The van der Waals surface area contributed by atoms with Crippen LogP contribution in [0, 0.1) is 5.92 Å². The SMILES string of the molecule is CCCCCCCCCCC(COC(=O)C(CCCCCC)CCCCCCCC)OC(=O)CCCN(C)C. The van der Waals surface area contributed by atoms with E-state index in [1.54, 1.807) is 0 Å². The highest BCUT2D eigenvalue weighted by Gasteiger charge is 2.22. The Bertz CT molecular complexity index is 551. The highest BCUT2D eigenvalue weighted by Crippen LogP contribution is 2.21. The zero-order valence-corrected chi connectivity index (χ0v) is 26.9. The summed E-state index contributed by atoms with van der Waals surface area (Å²) in [6.07, 6.45) is 25.5. The zero-order valence-electron chi connectivity index (χ0n) is 26.9. The molecular weight excluding hydrogens is 486 g/mol. The van der Waals surface area contributed by atoms with Gasteiger partial charge in [-0.15, -0.1) is 0 Å². The molecule has 0 fully saturated rings. The molecular formula is C34H67NO4. The van der Waals surface area contributed by atoms with Gasteiger partial charge in [-0.2, -0.15) is 0 Å². The molecule has 2 atom stereocenters. The lowest BCUT2D eigenvalue weighted by molar-refractivity contribution is -0.162. The second kappa shape index (κ2) is 28.4. The van der Waals surface area contributed by atoms with Crippen molar-refractivity contribution in [1.29, 1.82) is 0 Å². The normalized spacial score (nSPS) is 13.0. The molecule has 232 valence electrons. The van der Waals surface area contributed by atoms with E-state index in [9.17, 15) is 9.59 Å². The number of esters is 2. The van der Waals surface area contributed by atoms with Crippen molar-refractivity contribution in [3.05, 3.63) is 0 Å². The Morgan fingerprint density at radius 1 is 0.590 bits per heavy atom. The van der Waals surface area contributed by atoms with Crippen molar-refractivity contribution in [2.24, 2.45) is 5.92 Å². The van der Waals surface area contributed by atoms with E-state index < -0.39 is 0 Å². The quantitative estimate of drug-likeness (QED) is 0.0681. The zero-order chi connectivity index (χ0) is 29.0. The van der Waals surface area contributed by atoms with Crippen LogP contribution < -0.4 is 0 Å². The highest BCUT2D eigenvalue weighted by atomic mass is 16.6. The molecule has 0 N–H and O–H groups in total. The lowest BCUT2D eigenvalue weighted by Crippen LogP contribution is -2.28. The maximum Gasteiger partial charge on any atom is 0.309 e. The Balaban J connectivity index is 4.77. The number of hydrogen-bond donors (Lipinski definition) is 0. The molecule has 5 heteroatoms. The average molecular weight is 554 g/mol. The fraction of sp³-hybridized carbons (Fsp3) is 0.941. The van der Waals surface area contributed by atoms with E-state index >= 15 is 0 Å². The summed E-state index contributed by atoms with van der Waals surface area (Å²) in [4.78, 5) is 27.7. The van der Waals surface area contributed by atoms with E-state index in [0.717, 1.165) is 57.9 Å². The van der Waals surface area contributed by atoms with Crippen LogP contribution in [0.15, 0.2) is 0 Å². The maximum atomic E-state index is 13.1. The van der Waals surface area contributed by atoms with Crippen LogP contribution in [-0.2, 0) is 19.1 Å². The van der Waals surface area contributed by atoms with Gasteiger partial charge in [0.1, 0.15) is 12.7 Å². The molecule has 0 bridgehead atoms. The van der Waals surface area contributed by atoms with Crippen LogP contribution in [0.1, 0.15) is 168 Å². The molecule has 0 heterocycles. The van der Waals surface area contributed by atoms with E-state index in [0.29, 0.717) is 6.42 Å². The van der Waals surface area contributed by atoms with Crippen LogP contribution in [-0.4, -0.2) is 50.2 Å². The van der Waals surface area contributed by atoms with Crippen LogP contribution in [0.5, 0.6) is 0 Å². The predicted molar refractivity (Wildman–Crippen MR) is 166 cm³/mol. The van der Waals surface area contributed by atoms with Crippen LogP contribution in [0.3, 0.4) is 0 Å². The molecule has 0 saturated heterocycles. The Morgan fingerprint density at radius 2 is 1.03 bits per heavy atom. The van der Waals surface area contributed by atoms with Crippen molar-refractivity contribution < 1.29 is 19.1 Å². The van der Waals surface area contributed by atoms with Gasteiger partial charge >= 0.3 is 11.9 Å². The molecule has 5 nitrogen and oxygen atoms in total. The molecule has 0 aromatic carbocycles.